The SMILES string of the molecule is COCCCN(CCC(=O)OC)C(=O)c1cccs1. The summed E-state index contributed by atoms with van der Waals surface area (Å²) in [6.45, 7) is 1.53. The molecule has 0 fully saturated rings. The molecule has 0 spiro atoms. The van der Waals surface area contributed by atoms with E-state index in [1.807, 2.05) is 11.4 Å². The van der Waals surface area contributed by atoms with Gasteiger partial charge in [0.2, 0.25) is 0 Å². The van der Waals surface area contributed by atoms with Gasteiger partial charge in [-0.3, -0.25) is 9.59 Å². The Bertz CT molecular complexity index is 391. The number of nitrogens with zero attached hydrogens (tertiary/aromatic N) is 1. The maximum absolute atomic E-state index is 12.2. The predicted octanol–water partition coefficient (Wildman–Crippen LogP) is 1.79. The number of rotatable bonds is 8. The van der Waals surface area contributed by atoms with E-state index in [1.165, 1.54) is 18.4 Å². The Balaban J connectivity index is 2.57. The molecular weight excluding hydrogens is 266 g/mol. The van der Waals surface area contributed by atoms with E-state index >= 15 is 0 Å². The quantitative estimate of drug-likeness (QED) is 0.540. The van der Waals surface area contributed by atoms with Crippen molar-refractivity contribution in [2.24, 2.45) is 0 Å². The fourth-order valence-electron chi connectivity index (χ4n) is 1.60. The van der Waals surface area contributed by atoms with Gasteiger partial charge in [0, 0.05) is 26.8 Å². The summed E-state index contributed by atoms with van der Waals surface area (Å²) in [7, 11) is 2.97. The highest BCUT2D eigenvalue weighted by Crippen LogP contribution is 2.13. The van der Waals surface area contributed by atoms with E-state index in [1.54, 1.807) is 18.1 Å². The lowest BCUT2D eigenvalue weighted by molar-refractivity contribution is -0.140. The van der Waals surface area contributed by atoms with Crippen molar-refractivity contribution in [1.29, 1.82) is 0 Å². The molecule has 0 radical (unpaired) electrons. The topological polar surface area (TPSA) is 55.8 Å². The van der Waals surface area contributed by atoms with Crippen LogP contribution in [-0.2, 0) is 14.3 Å². The molecule has 0 bridgehead atoms. The van der Waals surface area contributed by atoms with Gasteiger partial charge in [0.15, 0.2) is 0 Å². The van der Waals surface area contributed by atoms with Gasteiger partial charge >= 0.3 is 5.97 Å². The van der Waals surface area contributed by atoms with Crippen LogP contribution in [0.3, 0.4) is 0 Å². The number of methoxy groups -OCH3 is 2. The summed E-state index contributed by atoms with van der Waals surface area (Å²) < 4.78 is 9.58. The Hall–Kier alpha value is -1.40. The normalized spacial score (nSPS) is 10.2. The third-order valence-electron chi connectivity index (χ3n) is 2.61. The number of amides is 1. The van der Waals surface area contributed by atoms with Crippen molar-refractivity contribution in [3.63, 3.8) is 0 Å². The lowest BCUT2D eigenvalue weighted by Crippen LogP contribution is -2.34. The molecule has 0 aromatic carbocycles. The van der Waals surface area contributed by atoms with E-state index in [0.717, 1.165) is 6.42 Å². The first-order valence-electron chi connectivity index (χ1n) is 6.07. The molecular formula is C13H19NO4S. The first-order valence-corrected chi connectivity index (χ1v) is 6.95. The molecule has 0 atom stereocenters. The van der Waals surface area contributed by atoms with E-state index in [-0.39, 0.29) is 18.3 Å². The molecule has 0 unspecified atom stereocenters. The Morgan fingerprint density at radius 1 is 1.32 bits per heavy atom. The average Bonchev–Trinajstić information content (AvgIpc) is 2.95. The second-order valence-corrected chi connectivity index (χ2v) is 4.89. The number of carbonyl (C=O) groups is 2. The van der Waals surface area contributed by atoms with Crippen LogP contribution in [0.25, 0.3) is 0 Å². The molecule has 0 aliphatic rings. The molecule has 1 heterocycles. The number of esters is 1. The van der Waals surface area contributed by atoms with Gasteiger partial charge in [-0.1, -0.05) is 6.07 Å². The van der Waals surface area contributed by atoms with Gasteiger partial charge in [-0.2, -0.15) is 0 Å². The molecule has 1 aromatic rings. The molecule has 1 amide bonds. The number of ether oxygens (including phenoxy) is 2. The first kappa shape index (κ1) is 15.7. The summed E-state index contributed by atoms with van der Waals surface area (Å²) in [5.74, 6) is -0.356. The number of thiophene rings is 1. The maximum Gasteiger partial charge on any atom is 0.307 e. The van der Waals surface area contributed by atoms with Crippen molar-refractivity contribution >= 4 is 23.2 Å². The summed E-state index contributed by atoms with van der Waals surface area (Å²) in [4.78, 5) is 25.8. The minimum Gasteiger partial charge on any atom is -0.469 e. The number of hydrogen-bond donors (Lipinski definition) is 0. The zero-order chi connectivity index (χ0) is 14.1. The Kier molecular flexibility index (Phi) is 7.14. The van der Waals surface area contributed by atoms with Gasteiger partial charge in [-0.15, -0.1) is 11.3 Å². The fraction of sp³-hybridized carbons (Fsp3) is 0.538. The van der Waals surface area contributed by atoms with Gasteiger partial charge in [-0.25, -0.2) is 0 Å². The minimum atomic E-state index is -0.310. The van der Waals surface area contributed by atoms with E-state index < -0.39 is 0 Å². The molecule has 0 saturated carbocycles. The second kappa shape index (κ2) is 8.66. The summed E-state index contributed by atoms with van der Waals surface area (Å²) >= 11 is 1.40. The summed E-state index contributed by atoms with van der Waals surface area (Å²) in [5, 5.41) is 1.86. The number of hydrogen-bond acceptors (Lipinski definition) is 5. The molecule has 0 N–H and O–H groups in total. The van der Waals surface area contributed by atoms with Crippen LogP contribution in [0.5, 0.6) is 0 Å². The van der Waals surface area contributed by atoms with Crippen molar-refractivity contribution in [3.8, 4) is 0 Å². The molecule has 1 rings (SSSR count). The molecule has 0 aliphatic heterocycles. The molecule has 6 heteroatoms. The molecule has 106 valence electrons. The van der Waals surface area contributed by atoms with Crippen LogP contribution in [0.1, 0.15) is 22.5 Å². The first-order chi connectivity index (χ1) is 9.19. The molecule has 19 heavy (non-hydrogen) atoms. The largest absolute Gasteiger partial charge is 0.469 e. The monoisotopic (exact) mass is 285 g/mol. The Morgan fingerprint density at radius 2 is 2.11 bits per heavy atom. The van der Waals surface area contributed by atoms with E-state index in [0.29, 0.717) is 24.6 Å². The maximum atomic E-state index is 12.2. The smallest absolute Gasteiger partial charge is 0.307 e. The van der Waals surface area contributed by atoms with Gasteiger partial charge in [0.25, 0.3) is 5.91 Å². The standard InChI is InChI=1S/C13H19NO4S/c1-17-9-4-7-14(8-6-12(15)18-2)13(16)11-5-3-10-19-11/h3,5,10H,4,6-9H2,1-2H3. The lowest BCUT2D eigenvalue weighted by atomic mass is 10.3. The molecule has 0 aliphatic carbocycles. The van der Waals surface area contributed by atoms with Crippen molar-refractivity contribution in [2.75, 3.05) is 33.9 Å². The molecule has 5 nitrogen and oxygen atoms in total. The van der Waals surface area contributed by atoms with Gasteiger partial charge < -0.3 is 14.4 Å². The summed E-state index contributed by atoms with van der Waals surface area (Å²) in [6.07, 6.45) is 0.954. The van der Waals surface area contributed by atoms with Crippen LogP contribution < -0.4 is 0 Å². The van der Waals surface area contributed by atoms with Crippen LogP contribution in [0.4, 0.5) is 0 Å². The van der Waals surface area contributed by atoms with Crippen LogP contribution in [0.2, 0.25) is 0 Å². The van der Waals surface area contributed by atoms with E-state index in [2.05, 4.69) is 4.74 Å². The highest BCUT2D eigenvalue weighted by atomic mass is 32.1. The second-order valence-electron chi connectivity index (χ2n) is 3.94. The zero-order valence-electron chi connectivity index (χ0n) is 11.3. The third-order valence-corrected chi connectivity index (χ3v) is 3.47. The minimum absolute atomic E-state index is 0.0463. The van der Waals surface area contributed by atoms with Crippen LogP contribution in [-0.4, -0.2) is 50.7 Å². The van der Waals surface area contributed by atoms with E-state index in [9.17, 15) is 9.59 Å². The third kappa shape index (κ3) is 5.40. The molecule has 1 aromatic heterocycles. The van der Waals surface area contributed by atoms with Crippen LogP contribution >= 0.6 is 11.3 Å². The Labute approximate surface area is 117 Å². The average molecular weight is 285 g/mol. The van der Waals surface area contributed by atoms with Crippen LogP contribution in [0, 0.1) is 0 Å². The lowest BCUT2D eigenvalue weighted by Gasteiger charge is -2.21. The molecule has 0 saturated heterocycles. The van der Waals surface area contributed by atoms with Gasteiger partial charge in [0.1, 0.15) is 0 Å². The fourth-order valence-corrected chi connectivity index (χ4v) is 2.29. The highest BCUT2D eigenvalue weighted by molar-refractivity contribution is 7.12. The van der Waals surface area contributed by atoms with Crippen molar-refractivity contribution in [1.82, 2.24) is 4.90 Å². The Morgan fingerprint density at radius 3 is 2.68 bits per heavy atom. The zero-order valence-corrected chi connectivity index (χ0v) is 12.1. The highest BCUT2D eigenvalue weighted by Gasteiger charge is 2.17. The summed E-state index contributed by atoms with van der Waals surface area (Å²) in [6, 6.07) is 3.63. The van der Waals surface area contributed by atoms with Crippen LogP contribution in [0.15, 0.2) is 17.5 Å². The van der Waals surface area contributed by atoms with Crippen molar-refractivity contribution in [3.05, 3.63) is 22.4 Å². The van der Waals surface area contributed by atoms with E-state index in [4.69, 9.17) is 4.74 Å². The van der Waals surface area contributed by atoms with Crippen molar-refractivity contribution in [2.45, 2.75) is 12.8 Å². The van der Waals surface area contributed by atoms with Crippen molar-refractivity contribution < 1.29 is 19.1 Å². The van der Waals surface area contributed by atoms with Gasteiger partial charge in [-0.05, 0) is 17.9 Å². The van der Waals surface area contributed by atoms with Gasteiger partial charge in [0.05, 0.1) is 18.4 Å². The summed E-state index contributed by atoms with van der Waals surface area (Å²) in [5.41, 5.74) is 0. The predicted molar refractivity (Wildman–Crippen MR) is 73.3 cm³/mol. The number of carbonyl (C=O) groups excluding carboxylic acids is 2.